The second-order valence-electron chi connectivity index (χ2n) is 6.39. The molecule has 130 valence electrons. The van der Waals surface area contributed by atoms with Gasteiger partial charge in [0.2, 0.25) is 0 Å². The monoisotopic (exact) mass is 363 g/mol. The van der Waals surface area contributed by atoms with Crippen molar-refractivity contribution in [1.29, 1.82) is 0 Å². The van der Waals surface area contributed by atoms with Crippen molar-refractivity contribution in [3.63, 3.8) is 0 Å². The van der Waals surface area contributed by atoms with Crippen LogP contribution in [0, 0.1) is 0 Å². The number of carbonyl (C=O) groups excluding carboxylic acids is 1. The minimum atomic E-state index is -0.0212. The van der Waals surface area contributed by atoms with E-state index in [1.165, 1.54) is 5.56 Å². The molecule has 1 aliphatic rings. The fraction of sp³-hybridized carbons (Fsp3) is 0.143. The molecule has 26 heavy (non-hydrogen) atoms. The predicted octanol–water partition coefficient (Wildman–Crippen LogP) is 5.07. The smallest absolute Gasteiger partial charge is 0.258 e. The number of amides is 1. The van der Waals surface area contributed by atoms with Gasteiger partial charge in [0.15, 0.2) is 0 Å². The van der Waals surface area contributed by atoms with Crippen molar-refractivity contribution in [2.45, 2.75) is 19.4 Å². The van der Waals surface area contributed by atoms with E-state index in [1.54, 1.807) is 18.3 Å². The molecule has 2 aromatic carbocycles. The molecule has 0 spiro atoms. The number of pyridine rings is 1. The molecule has 4 nitrogen and oxygen atoms in total. The molecule has 0 saturated carbocycles. The molecule has 0 aliphatic carbocycles. The van der Waals surface area contributed by atoms with Gasteiger partial charge in [-0.3, -0.25) is 4.79 Å². The number of hydrogen-bond acceptors (Lipinski definition) is 3. The van der Waals surface area contributed by atoms with E-state index in [1.807, 2.05) is 47.4 Å². The third kappa shape index (κ3) is 3.04. The van der Waals surface area contributed by atoms with Crippen LogP contribution in [0.1, 0.15) is 22.8 Å². The molecule has 1 aromatic heterocycles. The Bertz CT molecular complexity index is 973. The quantitative estimate of drug-likeness (QED) is 0.706. The second kappa shape index (κ2) is 6.81. The first-order valence-corrected chi connectivity index (χ1v) is 8.90. The summed E-state index contributed by atoms with van der Waals surface area (Å²) in [5.74, 6) is 0.566. The van der Waals surface area contributed by atoms with Gasteiger partial charge in [0.1, 0.15) is 5.82 Å². The Morgan fingerprint density at radius 2 is 1.92 bits per heavy atom. The first-order chi connectivity index (χ1) is 12.6. The van der Waals surface area contributed by atoms with Gasteiger partial charge in [0, 0.05) is 23.5 Å². The Balaban J connectivity index is 1.63. The van der Waals surface area contributed by atoms with Gasteiger partial charge in [-0.25, -0.2) is 4.98 Å². The van der Waals surface area contributed by atoms with Crippen LogP contribution in [0.5, 0.6) is 0 Å². The summed E-state index contributed by atoms with van der Waals surface area (Å²) < 4.78 is 0. The van der Waals surface area contributed by atoms with Gasteiger partial charge in [-0.1, -0.05) is 41.9 Å². The number of fused-ring (bicyclic) bond motifs is 1. The van der Waals surface area contributed by atoms with Gasteiger partial charge < -0.3 is 10.2 Å². The van der Waals surface area contributed by atoms with Gasteiger partial charge in [0.25, 0.3) is 5.91 Å². The standard InChI is InChI=1S/C21H18ClN3O/c1-14-12-15-6-2-5-9-19(15)25(14)21(26)16-10-11-23-20(13-16)24-18-8-4-3-7-17(18)22/h2-11,13-14H,12H2,1H3,(H,23,24). The van der Waals surface area contributed by atoms with Crippen LogP contribution < -0.4 is 10.2 Å². The number of nitrogens with one attached hydrogen (secondary N) is 1. The van der Waals surface area contributed by atoms with Crippen LogP contribution in [0.3, 0.4) is 0 Å². The number of nitrogens with zero attached hydrogens (tertiary/aromatic N) is 2. The van der Waals surface area contributed by atoms with Gasteiger partial charge in [-0.15, -0.1) is 0 Å². The summed E-state index contributed by atoms with van der Waals surface area (Å²) in [5.41, 5.74) is 3.54. The topological polar surface area (TPSA) is 45.2 Å². The molecule has 3 aromatic rings. The fourth-order valence-corrected chi connectivity index (χ4v) is 3.53. The molecule has 1 unspecified atom stereocenters. The Hall–Kier alpha value is -2.85. The lowest BCUT2D eigenvalue weighted by Gasteiger charge is -2.23. The molecular weight excluding hydrogens is 346 g/mol. The highest BCUT2D eigenvalue weighted by molar-refractivity contribution is 6.33. The highest BCUT2D eigenvalue weighted by Crippen LogP contribution is 2.33. The molecule has 0 saturated heterocycles. The highest BCUT2D eigenvalue weighted by Gasteiger charge is 2.31. The van der Waals surface area contributed by atoms with Gasteiger partial charge in [0.05, 0.1) is 10.7 Å². The summed E-state index contributed by atoms with van der Waals surface area (Å²) in [6.45, 7) is 2.07. The molecule has 4 rings (SSSR count). The van der Waals surface area contributed by atoms with Crippen molar-refractivity contribution in [1.82, 2.24) is 4.98 Å². The number of rotatable bonds is 3. The molecule has 0 bridgehead atoms. The lowest BCUT2D eigenvalue weighted by Crippen LogP contribution is -2.35. The van der Waals surface area contributed by atoms with Crippen molar-refractivity contribution in [3.05, 3.63) is 83.0 Å². The van der Waals surface area contributed by atoms with Crippen molar-refractivity contribution >= 4 is 34.7 Å². The first kappa shape index (κ1) is 16.6. The summed E-state index contributed by atoms with van der Waals surface area (Å²) in [6, 6.07) is 19.1. The minimum absolute atomic E-state index is 0.0212. The molecule has 5 heteroatoms. The maximum absolute atomic E-state index is 13.1. The average Bonchev–Trinajstić information content (AvgIpc) is 2.99. The van der Waals surface area contributed by atoms with Gasteiger partial charge >= 0.3 is 0 Å². The van der Waals surface area contributed by atoms with Crippen molar-refractivity contribution < 1.29 is 4.79 Å². The number of aromatic nitrogens is 1. The Morgan fingerprint density at radius 3 is 2.77 bits per heavy atom. The van der Waals surface area contributed by atoms with Crippen molar-refractivity contribution in [2.75, 3.05) is 10.2 Å². The fourth-order valence-electron chi connectivity index (χ4n) is 3.35. The number of hydrogen-bond donors (Lipinski definition) is 1. The van der Waals surface area contributed by atoms with Crippen LogP contribution in [0.2, 0.25) is 5.02 Å². The van der Waals surface area contributed by atoms with Crippen LogP contribution in [0.25, 0.3) is 0 Å². The lowest BCUT2D eigenvalue weighted by molar-refractivity contribution is 0.0981. The third-order valence-electron chi connectivity index (χ3n) is 4.57. The number of carbonyl (C=O) groups is 1. The highest BCUT2D eigenvalue weighted by atomic mass is 35.5. The van der Waals surface area contributed by atoms with Gasteiger partial charge in [-0.2, -0.15) is 0 Å². The number of anilines is 3. The normalized spacial score (nSPS) is 15.6. The van der Waals surface area contributed by atoms with Crippen LogP contribution in [0.15, 0.2) is 66.9 Å². The van der Waals surface area contributed by atoms with E-state index < -0.39 is 0 Å². The number of para-hydroxylation sites is 2. The maximum atomic E-state index is 13.1. The molecule has 1 N–H and O–H groups in total. The first-order valence-electron chi connectivity index (χ1n) is 8.52. The molecule has 1 amide bonds. The number of benzene rings is 2. The van der Waals surface area contributed by atoms with E-state index in [9.17, 15) is 4.79 Å². The zero-order valence-electron chi connectivity index (χ0n) is 14.3. The van der Waals surface area contributed by atoms with Crippen LogP contribution in [0.4, 0.5) is 17.2 Å². The van der Waals surface area contributed by atoms with Gasteiger partial charge in [-0.05, 0) is 49.2 Å². The summed E-state index contributed by atoms with van der Waals surface area (Å²) >= 11 is 6.19. The molecule has 0 fully saturated rings. The average molecular weight is 364 g/mol. The Morgan fingerprint density at radius 1 is 1.15 bits per heavy atom. The van der Waals surface area contributed by atoms with Crippen LogP contribution in [-0.2, 0) is 6.42 Å². The largest absolute Gasteiger partial charge is 0.339 e. The summed E-state index contributed by atoms with van der Waals surface area (Å²) in [4.78, 5) is 19.3. The van der Waals surface area contributed by atoms with E-state index in [2.05, 4.69) is 23.3 Å². The van der Waals surface area contributed by atoms with Crippen LogP contribution in [-0.4, -0.2) is 16.9 Å². The van der Waals surface area contributed by atoms with E-state index in [0.717, 1.165) is 17.8 Å². The van der Waals surface area contributed by atoms with Crippen molar-refractivity contribution in [2.24, 2.45) is 0 Å². The minimum Gasteiger partial charge on any atom is -0.339 e. The maximum Gasteiger partial charge on any atom is 0.258 e. The predicted molar refractivity (Wildman–Crippen MR) is 105 cm³/mol. The number of halogens is 1. The second-order valence-corrected chi connectivity index (χ2v) is 6.80. The van der Waals surface area contributed by atoms with E-state index in [-0.39, 0.29) is 11.9 Å². The van der Waals surface area contributed by atoms with E-state index >= 15 is 0 Å². The summed E-state index contributed by atoms with van der Waals surface area (Å²) in [7, 11) is 0. The molecular formula is C21H18ClN3O. The molecule has 1 atom stereocenters. The summed E-state index contributed by atoms with van der Waals surface area (Å²) in [5, 5.41) is 3.78. The zero-order chi connectivity index (χ0) is 18.1. The lowest BCUT2D eigenvalue weighted by atomic mass is 10.1. The third-order valence-corrected chi connectivity index (χ3v) is 4.90. The zero-order valence-corrected chi connectivity index (χ0v) is 15.1. The molecule has 2 heterocycles. The van der Waals surface area contributed by atoms with E-state index in [4.69, 9.17) is 11.6 Å². The SMILES string of the molecule is CC1Cc2ccccc2N1C(=O)c1ccnc(Nc2ccccc2Cl)c1. The van der Waals surface area contributed by atoms with Crippen LogP contribution >= 0.6 is 11.6 Å². The van der Waals surface area contributed by atoms with Crippen molar-refractivity contribution in [3.8, 4) is 0 Å². The van der Waals surface area contributed by atoms with E-state index in [0.29, 0.717) is 16.4 Å². The summed E-state index contributed by atoms with van der Waals surface area (Å²) in [6.07, 6.45) is 2.51. The Kier molecular flexibility index (Phi) is 4.35. The molecule has 1 aliphatic heterocycles. The Labute approximate surface area is 157 Å². The molecule has 0 radical (unpaired) electrons.